The Morgan fingerprint density at radius 3 is 2.92 bits per heavy atom. The van der Waals surface area contributed by atoms with E-state index >= 15 is 0 Å². The average Bonchev–Trinajstić information content (AvgIpc) is 2.06. The monoisotopic (exact) mass is 183 g/mol. The summed E-state index contributed by atoms with van der Waals surface area (Å²) in [6.45, 7) is 4.82. The van der Waals surface area contributed by atoms with Gasteiger partial charge in [-0.25, -0.2) is 0 Å². The minimum Gasteiger partial charge on any atom is -0.393 e. The number of fused-ring (bicyclic) bond motifs is 1. The van der Waals surface area contributed by atoms with Crippen LogP contribution in [-0.4, -0.2) is 36.2 Å². The lowest BCUT2D eigenvalue weighted by atomic mass is 9.63. The topological polar surface area (TPSA) is 23.5 Å². The number of aliphatic hydroxyl groups is 1. The molecule has 2 nitrogen and oxygen atoms in total. The third-order valence-corrected chi connectivity index (χ3v) is 4.13. The van der Waals surface area contributed by atoms with Crippen LogP contribution in [0.2, 0.25) is 0 Å². The van der Waals surface area contributed by atoms with Crippen LogP contribution in [0.3, 0.4) is 0 Å². The smallest absolute Gasteiger partial charge is 0.0545 e. The van der Waals surface area contributed by atoms with Gasteiger partial charge in [-0.1, -0.05) is 6.92 Å². The number of nitrogens with zero attached hydrogens (tertiary/aromatic N) is 1. The first-order valence-corrected chi connectivity index (χ1v) is 5.47. The average molecular weight is 183 g/mol. The van der Waals surface area contributed by atoms with Crippen molar-refractivity contribution in [2.45, 2.75) is 38.7 Å². The van der Waals surface area contributed by atoms with Gasteiger partial charge >= 0.3 is 0 Å². The third kappa shape index (κ3) is 1.75. The fourth-order valence-electron chi connectivity index (χ4n) is 3.08. The minimum absolute atomic E-state index is 0.0235. The molecule has 0 unspecified atom stereocenters. The minimum atomic E-state index is -0.0235. The maximum absolute atomic E-state index is 9.67. The second-order valence-electron chi connectivity index (χ2n) is 5.30. The Balaban J connectivity index is 2.07. The molecule has 2 fully saturated rings. The summed E-state index contributed by atoms with van der Waals surface area (Å²) in [7, 11) is 2.21. The van der Waals surface area contributed by atoms with Gasteiger partial charge in [0.2, 0.25) is 0 Å². The first-order valence-electron chi connectivity index (χ1n) is 5.47. The van der Waals surface area contributed by atoms with Gasteiger partial charge in [0, 0.05) is 6.54 Å². The van der Waals surface area contributed by atoms with Crippen molar-refractivity contribution in [1.82, 2.24) is 4.90 Å². The third-order valence-electron chi connectivity index (χ3n) is 4.13. The molecule has 3 atom stereocenters. The predicted molar refractivity (Wildman–Crippen MR) is 53.6 cm³/mol. The first-order chi connectivity index (χ1) is 6.10. The van der Waals surface area contributed by atoms with Crippen molar-refractivity contribution in [2.75, 3.05) is 20.1 Å². The number of aliphatic hydroxyl groups excluding tert-OH is 1. The van der Waals surface area contributed by atoms with Crippen molar-refractivity contribution in [3.8, 4) is 0 Å². The lowest BCUT2D eigenvalue weighted by Crippen LogP contribution is -2.48. The van der Waals surface area contributed by atoms with Crippen LogP contribution in [0.25, 0.3) is 0 Å². The summed E-state index contributed by atoms with van der Waals surface area (Å²) >= 11 is 0. The highest BCUT2D eigenvalue weighted by molar-refractivity contribution is 4.94. The Hall–Kier alpha value is -0.0800. The number of hydrogen-bond donors (Lipinski definition) is 1. The number of hydrogen-bond acceptors (Lipinski definition) is 2. The van der Waals surface area contributed by atoms with E-state index in [1.54, 1.807) is 0 Å². The molecule has 0 aromatic carbocycles. The molecular formula is C11H21NO. The van der Waals surface area contributed by atoms with Crippen LogP contribution in [0.1, 0.15) is 32.6 Å². The Kier molecular flexibility index (Phi) is 2.37. The van der Waals surface area contributed by atoms with E-state index in [2.05, 4.69) is 18.9 Å². The molecule has 0 aromatic heterocycles. The fraction of sp³-hybridized carbons (Fsp3) is 1.00. The van der Waals surface area contributed by atoms with Crippen LogP contribution in [0.5, 0.6) is 0 Å². The SMILES string of the molecule is CN1CC[C@]2(C)C[C@@H](O)CC[C@@H]2C1. The van der Waals surface area contributed by atoms with Crippen LogP contribution >= 0.6 is 0 Å². The van der Waals surface area contributed by atoms with E-state index in [0.717, 1.165) is 18.8 Å². The number of piperidine rings is 1. The van der Waals surface area contributed by atoms with Crippen LogP contribution in [0.15, 0.2) is 0 Å². The van der Waals surface area contributed by atoms with Gasteiger partial charge in [-0.2, -0.15) is 0 Å². The number of rotatable bonds is 0. The molecule has 1 N–H and O–H groups in total. The zero-order valence-electron chi connectivity index (χ0n) is 8.79. The molecule has 76 valence electrons. The summed E-state index contributed by atoms with van der Waals surface area (Å²) in [6.07, 6.45) is 4.52. The highest BCUT2D eigenvalue weighted by Crippen LogP contribution is 2.46. The van der Waals surface area contributed by atoms with E-state index < -0.39 is 0 Å². The molecule has 2 aliphatic rings. The second-order valence-corrected chi connectivity index (χ2v) is 5.30. The van der Waals surface area contributed by atoms with Crippen molar-refractivity contribution in [3.05, 3.63) is 0 Å². The van der Waals surface area contributed by atoms with Crippen LogP contribution < -0.4 is 0 Å². The van der Waals surface area contributed by atoms with Crippen LogP contribution in [0, 0.1) is 11.3 Å². The molecule has 0 bridgehead atoms. The Morgan fingerprint density at radius 2 is 2.15 bits per heavy atom. The van der Waals surface area contributed by atoms with Crippen molar-refractivity contribution in [1.29, 1.82) is 0 Å². The fourth-order valence-corrected chi connectivity index (χ4v) is 3.08. The largest absolute Gasteiger partial charge is 0.393 e. The number of likely N-dealkylation sites (tertiary alicyclic amines) is 1. The van der Waals surface area contributed by atoms with Gasteiger partial charge in [0.1, 0.15) is 0 Å². The summed E-state index contributed by atoms with van der Waals surface area (Å²) in [4.78, 5) is 2.43. The second kappa shape index (κ2) is 3.25. The molecule has 1 heterocycles. The molecule has 0 spiro atoms. The van der Waals surface area contributed by atoms with E-state index in [0.29, 0.717) is 5.41 Å². The van der Waals surface area contributed by atoms with E-state index in [1.807, 2.05) is 0 Å². The highest BCUT2D eigenvalue weighted by Gasteiger charge is 2.42. The van der Waals surface area contributed by atoms with Crippen molar-refractivity contribution in [3.63, 3.8) is 0 Å². The Bertz CT molecular complexity index is 195. The summed E-state index contributed by atoms with van der Waals surface area (Å²) in [5.74, 6) is 0.828. The molecule has 1 saturated carbocycles. The van der Waals surface area contributed by atoms with Gasteiger partial charge in [-0.3, -0.25) is 0 Å². The zero-order chi connectivity index (χ0) is 9.47. The molecule has 2 heteroatoms. The van der Waals surface area contributed by atoms with Crippen LogP contribution in [0.4, 0.5) is 0 Å². The Labute approximate surface area is 80.9 Å². The van der Waals surface area contributed by atoms with Gasteiger partial charge < -0.3 is 10.0 Å². The maximum atomic E-state index is 9.67. The van der Waals surface area contributed by atoms with E-state index in [1.165, 1.54) is 25.9 Å². The molecule has 0 amide bonds. The molecule has 1 aliphatic heterocycles. The summed E-state index contributed by atoms with van der Waals surface area (Å²) in [5, 5.41) is 9.67. The van der Waals surface area contributed by atoms with Crippen LogP contribution in [-0.2, 0) is 0 Å². The molecule has 13 heavy (non-hydrogen) atoms. The quantitative estimate of drug-likeness (QED) is 0.615. The van der Waals surface area contributed by atoms with Gasteiger partial charge in [0.15, 0.2) is 0 Å². The lowest BCUT2D eigenvalue weighted by Gasteiger charge is -2.49. The highest BCUT2D eigenvalue weighted by atomic mass is 16.3. The first kappa shape index (κ1) is 9.47. The standard InChI is InChI=1S/C11H21NO/c1-11-5-6-12(2)8-9(11)3-4-10(13)7-11/h9-10,13H,3-8H2,1-2H3/t9-,10+,11-/m1/s1. The summed E-state index contributed by atoms with van der Waals surface area (Å²) in [6, 6.07) is 0. The van der Waals surface area contributed by atoms with Crippen molar-refractivity contribution >= 4 is 0 Å². The van der Waals surface area contributed by atoms with Crippen molar-refractivity contribution < 1.29 is 5.11 Å². The maximum Gasteiger partial charge on any atom is 0.0545 e. The van der Waals surface area contributed by atoms with E-state index in [4.69, 9.17) is 0 Å². The summed E-state index contributed by atoms with van der Waals surface area (Å²) < 4.78 is 0. The van der Waals surface area contributed by atoms with E-state index in [9.17, 15) is 5.11 Å². The molecule has 1 aliphatic carbocycles. The molecule has 0 radical (unpaired) electrons. The Morgan fingerprint density at radius 1 is 1.38 bits per heavy atom. The van der Waals surface area contributed by atoms with Gasteiger partial charge in [-0.15, -0.1) is 0 Å². The van der Waals surface area contributed by atoms with Crippen molar-refractivity contribution in [2.24, 2.45) is 11.3 Å². The molecular weight excluding hydrogens is 162 g/mol. The lowest BCUT2D eigenvalue weighted by molar-refractivity contribution is -0.0334. The van der Waals surface area contributed by atoms with Gasteiger partial charge in [-0.05, 0) is 50.6 Å². The van der Waals surface area contributed by atoms with Gasteiger partial charge in [0.05, 0.1) is 6.10 Å². The molecule has 0 aromatic rings. The molecule has 2 rings (SSSR count). The summed E-state index contributed by atoms with van der Waals surface area (Å²) in [5.41, 5.74) is 0.435. The predicted octanol–water partition coefficient (Wildman–Crippen LogP) is 1.49. The normalized spacial score (nSPS) is 47.3. The zero-order valence-corrected chi connectivity index (χ0v) is 8.79. The van der Waals surface area contributed by atoms with Gasteiger partial charge in [0.25, 0.3) is 0 Å². The van der Waals surface area contributed by atoms with E-state index in [-0.39, 0.29) is 6.10 Å². The molecule has 1 saturated heterocycles.